The summed E-state index contributed by atoms with van der Waals surface area (Å²) in [6.45, 7) is 0. The molecule has 3 rings (SSSR count). The molecule has 1 atom stereocenters. The Balaban J connectivity index is 2.04. The number of carbonyl (C=O) groups excluding carboxylic acids is 3. The van der Waals surface area contributed by atoms with E-state index in [0.29, 0.717) is 11.4 Å². The molecule has 0 saturated carbocycles. The molecule has 2 heterocycles. The molecule has 2 aliphatic rings. The van der Waals surface area contributed by atoms with Crippen molar-refractivity contribution in [2.45, 2.75) is 18.9 Å². The molecular formula is C13H9N3O5S. The van der Waals surface area contributed by atoms with Gasteiger partial charge in [0, 0.05) is 12.5 Å². The van der Waals surface area contributed by atoms with Crippen molar-refractivity contribution < 1.29 is 19.3 Å². The maximum Gasteiger partial charge on any atom is 0.282 e. The van der Waals surface area contributed by atoms with Crippen LogP contribution in [0.15, 0.2) is 18.2 Å². The number of imide groups is 1. The van der Waals surface area contributed by atoms with E-state index >= 15 is 0 Å². The Labute approximate surface area is 129 Å². The molecule has 9 heteroatoms. The molecular weight excluding hydrogens is 310 g/mol. The number of benzene rings is 1. The Kier molecular flexibility index (Phi) is 3.21. The van der Waals surface area contributed by atoms with Crippen LogP contribution in [0.25, 0.3) is 0 Å². The van der Waals surface area contributed by atoms with Crippen LogP contribution in [-0.2, 0) is 4.79 Å². The van der Waals surface area contributed by atoms with Gasteiger partial charge in [0.1, 0.15) is 11.6 Å². The van der Waals surface area contributed by atoms with Gasteiger partial charge >= 0.3 is 0 Å². The molecule has 1 saturated heterocycles. The summed E-state index contributed by atoms with van der Waals surface area (Å²) < 4.78 is 0. The highest BCUT2D eigenvalue weighted by Gasteiger charge is 2.47. The maximum absolute atomic E-state index is 12.4. The van der Waals surface area contributed by atoms with Crippen LogP contribution in [0.3, 0.4) is 0 Å². The summed E-state index contributed by atoms with van der Waals surface area (Å²) in [5, 5.41) is 13.5. The number of hydrogen-bond donors (Lipinski definition) is 1. The first-order valence-electron chi connectivity index (χ1n) is 6.41. The average molecular weight is 319 g/mol. The van der Waals surface area contributed by atoms with Crippen molar-refractivity contribution in [2.75, 3.05) is 0 Å². The van der Waals surface area contributed by atoms with Crippen molar-refractivity contribution in [1.29, 1.82) is 0 Å². The van der Waals surface area contributed by atoms with Crippen LogP contribution in [0, 0.1) is 10.1 Å². The van der Waals surface area contributed by atoms with Crippen molar-refractivity contribution in [1.82, 2.24) is 10.2 Å². The van der Waals surface area contributed by atoms with E-state index in [4.69, 9.17) is 12.2 Å². The predicted octanol–water partition coefficient (Wildman–Crippen LogP) is 0.797. The molecule has 112 valence electrons. The van der Waals surface area contributed by atoms with Crippen LogP contribution in [0.4, 0.5) is 5.69 Å². The van der Waals surface area contributed by atoms with E-state index in [2.05, 4.69) is 5.32 Å². The number of nitro benzene ring substituents is 1. The quantitative estimate of drug-likeness (QED) is 0.374. The van der Waals surface area contributed by atoms with Gasteiger partial charge in [-0.3, -0.25) is 29.4 Å². The fourth-order valence-electron chi connectivity index (χ4n) is 2.65. The molecule has 8 nitrogen and oxygen atoms in total. The molecule has 1 fully saturated rings. The average Bonchev–Trinajstić information content (AvgIpc) is 2.72. The summed E-state index contributed by atoms with van der Waals surface area (Å²) >= 11 is 4.88. The summed E-state index contributed by atoms with van der Waals surface area (Å²) in [7, 11) is 0. The normalized spacial score (nSPS) is 20.9. The van der Waals surface area contributed by atoms with E-state index in [-0.39, 0.29) is 17.5 Å². The second-order valence-electron chi connectivity index (χ2n) is 4.90. The molecule has 0 bridgehead atoms. The fourth-order valence-corrected chi connectivity index (χ4v) is 2.87. The molecule has 2 aliphatic heterocycles. The molecule has 1 aromatic carbocycles. The van der Waals surface area contributed by atoms with E-state index < -0.39 is 34.4 Å². The minimum atomic E-state index is -1.00. The van der Waals surface area contributed by atoms with E-state index in [0.717, 1.165) is 11.0 Å². The number of fused-ring (bicyclic) bond motifs is 1. The monoisotopic (exact) mass is 319 g/mol. The highest BCUT2D eigenvalue weighted by atomic mass is 32.1. The first kappa shape index (κ1) is 14.3. The Morgan fingerprint density at radius 3 is 2.64 bits per heavy atom. The molecule has 1 unspecified atom stereocenters. The summed E-state index contributed by atoms with van der Waals surface area (Å²) in [6.07, 6.45) is 0.575. The van der Waals surface area contributed by atoms with Gasteiger partial charge in [0.15, 0.2) is 0 Å². The molecule has 0 aliphatic carbocycles. The van der Waals surface area contributed by atoms with Gasteiger partial charge in [0.2, 0.25) is 5.91 Å². The summed E-state index contributed by atoms with van der Waals surface area (Å²) in [5.74, 6) is -2.06. The largest absolute Gasteiger partial charge is 0.319 e. The molecule has 22 heavy (non-hydrogen) atoms. The summed E-state index contributed by atoms with van der Waals surface area (Å²) in [4.78, 5) is 48.2. The molecule has 1 aromatic rings. The van der Waals surface area contributed by atoms with Crippen molar-refractivity contribution in [2.24, 2.45) is 0 Å². The number of nitro groups is 1. The highest BCUT2D eigenvalue weighted by molar-refractivity contribution is 7.80. The molecule has 0 aromatic heterocycles. The van der Waals surface area contributed by atoms with Crippen molar-refractivity contribution >= 4 is 40.6 Å². The Morgan fingerprint density at radius 2 is 2.00 bits per heavy atom. The molecule has 3 amide bonds. The van der Waals surface area contributed by atoms with Crippen molar-refractivity contribution in [3.05, 3.63) is 39.4 Å². The van der Waals surface area contributed by atoms with Crippen LogP contribution in [0.5, 0.6) is 0 Å². The number of rotatable bonds is 2. The number of nitrogens with one attached hydrogen (secondary N) is 1. The third-order valence-electron chi connectivity index (χ3n) is 3.64. The number of piperidine rings is 1. The zero-order valence-corrected chi connectivity index (χ0v) is 11.9. The van der Waals surface area contributed by atoms with Crippen LogP contribution >= 0.6 is 12.2 Å². The van der Waals surface area contributed by atoms with Gasteiger partial charge in [0.25, 0.3) is 17.5 Å². The lowest BCUT2D eigenvalue weighted by Gasteiger charge is -2.28. The lowest BCUT2D eigenvalue weighted by molar-refractivity contribution is -0.385. The lowest BCUT2D eigenvalue weighted by atomic mass is 10.1. The second-order valence-corrected chi connectivity index (χ2v) is 5.40. The topological polar surface area (TPSA) is 110 Å². The summed E-state index contributed by atoms with van der Waals surface area (Å²) in [6, 6.07) is 2.83. The minimum Gasteiger partial charge on any atom is -0.319 e. The Bertz CT molecular complexity index is 760. The van der Waals surface area contributed by atoms with Crippen LogP contribution in [-0.4, -0.2) is 38.6 Å². The highest BCUT2D eigenvalue weighted by Crippen LogP contribution is 2.33. The van der Waals surface area contributed by atoms with Gasteiger partial charge in [-0.1, -0.05) is 18.3 Å². The SMILES string of the molecule is O=C1NC(=S)CCC1N1C(=O)c2cccc([N+](=O)[O-])c2C1=O. The first-order valence-corrected chi connectivity index (χ1v) is 6.81. The minimum absolute atomic E-state index is 0.0554. The third kappa shape index (κ3) is 1.98. The number of amides is 3. The zero-order chi connectivity index (χ0) is 16.0. The maximum atomic E-state index is 12.4. The van der Waals surface area contributed by atoms with Gasteiger partial charge < -0.3 is 5.32 Å². The fraction of sp³-hybridized carbons (Fsp3) is 0.231. The predicted molar refractivity (Wildman–Crippen MR) is 77.4 cm³/mol. The van der Waals surface area contributed by atoms with Crippen molar-refractivity contribution in [3.63, 3.8) is 0 Å². The number of nitrogens with zero attached hydrogens (tertiary/aromatic N) is 2. The van der Waals surface area contributed by atoms with Gasteiger partial charge in [0.05, 0.1) is 15.5 Å². The number of hydrogen-bond acceptors (Lipinski definition) is 6. The smallest absolute Gasteiger partial charge is 0.282 e. The molecule has 0 radical (unpaired) electrons. The van der Waals surface area contributed by atoms with E-state index in [1.54, 1.807) is 0 Å². The number of carbonyl (C=O) groups is 3. The molecule has 0 spiro atoms. The lowest BCUT2D eigenvalue weighted by Crippen LogP contribution is -2.53. The zero-order valence-electron chi connectivity index (χ0n) is 11.1. The van der Waals surface area contributed by atoms with E-state index in [1.807, 2.05) is 0 Å². The van der Waals surface area contributed by atoms with Crippen LogP contribution in [0.1, 0.15) is 33.6 Å². The van der Waals surface area contributed by atoms with Crippen LogP contribution in [0.2, 0.25) is 0 Å². The number of thiocarbonyl (C=S) groups is 1. The Hall–Kier alpha value is -2.68. The first-order chi connectivity index (χ1) is 10.4. The third-order valence-corrected chi connectivity index (χ3v) is 3.95. The summed E-state index contributed by atoms with van der Waals surface area (Å²) in [5.41, 5.74) is -0.760. The van der Waals surface area contributed by atoms with Crippen molar-refractivity contribution in [3.8, 4) is 0 Å². The van der Waals surface area contributed by atoms with Gasteiger partial charge in [-0.15, -0.1) is 0 Å². The van der Waals surface area contributed by atoms with Crippen LogP contribution < -0.4 is 5.32 Å². The van der Waals surface area contributed by atoms with E-state index in [9.17, 15) is 24.5 Å². The Morgan fingerprint density at radius 1 is 1.27 bits per heavy atom. The standard InChI is InChI=1S/C13H9N3O5S/c17-11-8(4-5-9(22)14-11)15-12(18)6-2-1-3-7(16(20)21)10(6)13(15)19/h1-3,8H,4-5H2,(H,14,17,22). The second kappa shape index (κ2) is 4.95. The van der Waals surface area contributed by atoms with Gasteiger partial charge in [-0.2, -0.15) is 0 Å². The van der Waals surface area contributed by atoms with Gasteiger partial charge in [-0.05, 0) is 12.5 Å². The van der Waals surface area contributed by atoms with E-state index in [1.165, 1.54) is 12.1 Å². The molecule has 1 N–H and O–H groups in total. The van der Waals surface area contributed by atoms with Gasteiger partial charge in [-0.25, -0.2) is 0 Å².